The number of anilines is 3. The van der Waals surface area contributed by atoms with Gasteiger partial charge in [0.25, 0.3) is 5.91 Å². The van der Waals surface area contributed by atoms with E-state index >= 15 is 0 Å². The zero-order chi connectivity index (χ0) is 25.1. The second-order valence-corrected chi connectivity index (χ2v) is 9.41. The summed E-state index contributed by atoms with van der Waals surface area (Å²) in [6.07, 6.45) is -1.04. The molecule has 3 aliphatic rings. The van der Waals surface area contributed by atoms with Crippen molar-refractivity contribution in [3.63, 3.8) is 0 Å². The Morgan fingerprint density at radius 3 is 2.69 bits per heavy atom. The number of rotatable bonds is 5. The molecule has 10 nitrogen and oxygen atoms in total. The third-order valence-electron chi connectivity index (χ3n) is 6.98. The summed E-state index contributed by atoms with van der Waals surface area (Å²) in [7, 11) is 1.74. The second kappa shape index (κ2) is 8.18. The number of alkyl halides is 3. The van der Waals surface area contributed by atoms with Crippen LogP contribution in [0.5, 0.6) is 5.75 Å². The van der Waals surface area contributed by atoms with Crippen LogP contribution in [0.25, 0.3) is 0 Å². The molecule has 2 aromatic heterocycles. The van der Waals surface area contributed by atoms with Crippen molar-refractivity contribution in [3.8, 4) is 5.75 Å². The second-order valence-electron chi connectivity index (χ2n) is 9.41. The Kier molecular flexibility index (Phi) is 5.49. The van der Waals surface area contributed by atoms with Gasteiger partial charge in [0.1, 0.15) is 17.3 Å². The molecule has 188 valence electrons. The van der Waals surface area contributed by atoms with E-state index in [1.54, 1.807) is 23.8 Å². The quantitative estimate of drug-likeness (QED) is 0.646. The molecule has 13 heteroatoms. The van der Waals surface area contributed by atoms with Crippen LogP contribution >= 0.6 is 0 Å². The minimum atomic E-state index is -4.60. The van der Waals surface area contributed by atoms with Crippen LogP contribution in [0.2, 0.25) is 0 Å². The largest absolute Gasteiger partial charge is 0.487 e. The van der Waals surface area contributed by atoms with Crippen LogP contribution < -0.4 is 19.9 Å². The van der Waals surface area contributed by atoms with Crippen molar-refractivity contribution in [2.75, 3.05) is 35.3 Å². The van der Waals surface area contributed by atoms with Crippen molar-refractivity contribution >= 4 is 23.4 Å². The lowest BCUT2D eigenvalue weighted by Crippen LogP contribution is -2.64. The summed E-state index contributed by atoms with van der Waals surface area (Å²) in [5.74, 6) is -0.100. The van der Waals surface area contributed by atoms with Crippen LogP contribution in [-0.4, -0.2) is 68.8 Å². The van der Waals surface area contributed by atoms with E-state index in [0.717, 1.165) is 24.7 Å². The zero-order valence-electron chi connectivity index (χ0n) is 19.6. The molecular weight excluding hydrogens is 467 g/mol. The molecule has 1 atom stereocenters. The SMILES string of the molecule is Cc1nc(C(F)(F)F)ncc1O[C@H]1C[C@H](Nc2nc3c4c(n2)N(C)[C@@](C)(CO)C(=O)N4CCC3)C1. The first-order chi connectivity index (χ1) is 16.5. The first-order valence-corrected chi connectivity index (χ1v) is 11.4. The maximum absolute atomic E-state index is 13.0. The van der Waals surface area contributed by atoms with Gasteiger partial charge in [0, 0.05) is 32.5 Å². The van der Waals surface area contributed by atoms with E-state index in [-0.39, 0.29) is 36.1 Å². The van der Waals surface area contributed by atoms with Crippen molar-refractivity contribution < 1.29 is 27.8 Å². The summed E-state index contributed by atoms with van der Waals surface area (Å²) in [5, 5.41) is 13.3. The molecule has 1 saturated carbocycles. The van der Waals surface area contributed by atoms with E-state index in [9.17, 15) is 23.1 Å². The summed E-state index contributed by atoms with van der Waals surface area (Å²) in [4.78, 5) is 32.6. The van der Waals surface area contributed by atoms with Gasteiger partial charge < -0.3 is 25.0 Å². The average Bonchev–Trinajstić information content (AvgIpc) is 2.79. The van der Waals surface area contributed by atoms with Crippen LogP contribution in [0.15, 0.2) is 6.20 Å². The smallest absolute Gasteiger partial charge is 0.451 e. The number of carbonyl (C=O) groups is 1. The van der Waals surface area contributed by atoms with Crippen molar-refractivity contribution in [1.29, 1.82) is 0 Å². The maximum Gasteiger partial charge on any atom is 0.451 e. The highest BCUT2D eigenvalue weighted by molar-refractivity contribution is 6.08. The molecular formula is C22H26F3N7O3. The Morgan fingerprint density at radius 2 is 2.03 bits per heavy atom. The van der Waals surface area contributed by atoms with Crippen LogP contribution in [0.4, 0.5) is 30.6 Å². The Labute approximate surface area is 199 Å². The van der Waals surface area contributed by atoms with Gasteiger partial charge in [-0.3, -0.25) is 4.79 Å². The highest BCUT2D eigenvalue weighted by Gasteiger charge is 2.49. The topological polar surface area (TPSA) is 117 Å². The van der Waals surface area contributed by atoms with E-state index in [4.69, 9.17) is 4.74 Å². The first kappa shape index (κ1) is 23.5. The number of carbonyl (C=O) groups excluding carboxylic acids is 1. The van der Waals surface area contributed by atoms with Gasteiger partial charge in [-0.2, -0.15) is 18.2 Å². The minimum absolute atomic E-state index is 0.0142. The van der Waals surface area contributed by atoms with Gasteiger partial charge in [-0.1, -0.05) is 0 Å². The van der Waals surface area contributed by atoms with Gasteiger partial charge in [0.15, 0.2) is 11.6 Å². The van der Waals surface area contributed by atoms with Crippen LogP contribution in [0, 0.1) is 6.92 Å². The number of aryl methyl sites for hydroxylation is 2. The number of nitrogens with zero attached hydrogens (tertiary/aromatic N) is 6. The fourth-order valence-corrected chi connectivity index (χ4v) is 4.65. The molecule has 0 spiro atoms. The summed E-state index contributed by atoms with van der Waals surface area (Å²) in [6, 6.07) is 0.0142. The average molecular weight is 493 g/mol. The van der Waals surface area contributed by atoms with Crippen molar-refractivity contribution in [3.05, 3.63) is 23.4 Å². The highest BCUT2D eigenvalue weighted by Crippen LogP contribution is 2.43. The molecule has 1 aliphatic carbocycles. The Morgan fingerprint density at radius 1 is 1.29 bits per heavy atom. The number of hydrogen-bond donors (Lipinski definition) is 2. The van der Waals surface area contributed by atoms with Gasteiger partial charge in [0.2, 0.25) is 11.8 Å². The number of aliphatic hydroxyl groups is 1. The predicted molar refractivity (Wildman–Crippen MR) is 119 cm³/mol. The van der Waals surface area contributed by atoms with Gasteiger partial charge >= 0.3 is 6.18 Å². The molecule has 0 aromatic carbocycles. The lowest BCUT2D eigenvalue weighted by atomic mass is 9.89. The molecule has 4 heterocycles. The number of amides is 1. The van der Waals surface area contributed by atoms with Gasteiger partial charge in [0.05, 0.1) is 24.2 Å². The summed E-state index contributed by atoms with van der Waals surface area (Å²) >= 11 is 0. The van der Waals surface area contributed by atoms with E-state index < -0.39 is 17.5 Å². The molecule has 2 aliphatic heterocycles. The molecule has 2 aromatic rings. The summed E-state index contributed by atoms with van der Waals surface area (Å²) in [6.45, 7) is 3.38. The normalized spacial score (nSPS) is 25.7. The number of aliphatic hydroxyl groups excluding tert-OH is 1. The van der Waals surface area contributed by atoms with Crippen molar-refractivity contribution in [1.82, 2.24) is 19.9 Å². The molecule has 0 bridgehead atoms. The van der Waals surface area contributed by atoms with E-state index in [0.29, 0.717) is 36.8 Å². The van der Waals surface area contributed by atoms with Gasteiger partial charge in [-0.15, -0.1) is 0 Å². The van der Waals surface area contributed by atoms with Gasteiger partial charge in [-0.05, 0) is 26.7 Å². The Balaban J connectivity index is 1.28. The predicted octanol–water partition coefficient (Wildman–Crippen LogP) is 2.10. The molecule has 0 saturated heterocycles. The lowest BCUT2D eigenvalue weighted by molar-refractivity contribution is -0.145. The van der Waals surface area contributed by atoms with Crippen LogP contribution in [0.1, 0.15) is 43.4 Å². The third-order valence-corrected chi connectivity index (χ3v) is 6.98. The fraction of sp³-hybridized carbons (Fsp3) is 0.591. The molecule has 1 amide bonds. The molecule has 5 rings (SSSR count). The number of aromatic nitrogens is 4. The summed E-state index contributed by atoms with van der Waals surface area (Å²) < 4.78 is 44.1. The molecule has 35 heavy (non-hydrogen) atoms. The van der Waals surface area contributed by atoms with Gasteiger partial charge in [-0.25, -0.2) is 15.0 Å². The van der Waals surface area contributed by atoms with Crippen LogP contribution in [-0.2, 0) is 17.4 Å². The molecule has 2 N–H and O–H groups in total. The lowest BCUT2D eigenvalue weighted by Gasteiger charge is -2.48. The number of nitrogens with one attached hydrogen (secondary N) is 1. The number of hydrogen-bond acceptors (Lipinski definition) is 9. The van der Waals surface area contributed by atoms with Crippen molar-refractivity contribution in [2.24, 2.45) is 0 Å². The molecule has 0 radical (unpaired) electrons. The van der Waals surface area contributed by atoms with E-state index in [1.165, 1.54) is 6.92 Å². The molecule has 1 fully saturated rings. The third kappa shape index (κ3) is 3.91. The maximum atomic E-state index is 13.0. The molecule has 0 unspecified atom stereocenters. The number of halogens is 3. The fourth-order valence-electron chi connectivity index (χ4n) is 4.65. The monoisotopic (exact) mass is 493 g/mol. The van der Waals surface area contributed by atoms with E-state index in [2.05, 4.69) is 25.3 Å². The summed E-state index contributed by atoms with van der Waals surface area (Å²) in [5.41, 5.74) is 0.515. The van der Waals surface area contributed by atoms with E-state index in [1.807, 2.05) is 0 Å². The number of ether oxygens (including phenoxy) is 1. The highest BCUT2D eigenvalue weighted by atomic mass is 19.4. The minimum Gasteiger partial charge on any atom is -0.487 e. The zero-order valence-corrected chi connectivity index (χ0v) is 19.6. The van der Waals surface area contributed by atoms with Crippen LogP contribution in [0.3, 0.4) is 0 Å². The number of likely N-dealkylation sites (N-methyl/N-ethyl adjacent to an activating group) is 1. The first-order valence-electron chi connectivity index (χ1n) is 11.4. The standard InChI is InChI=1S/C22H26F3N7O3/c1-11-15(9-26-18(27-11)22(23,24)25)35-13-7-12(8-13)28-20-29-14-5-4-6-32-16(14)17(30-20)31(3)21(2,10-33)19(32)34/h9,12-13,33H,4-8,10H2,1-3H3,(H,28,29,30)/t12-,13-,21-/m0/s1. The Bertz CT molecular complexity index is 1170. The van der Waals surface area contributed by atoms with Crippen molar-refractivity contribution in [2.45, 2.75) is 63.4 Å². The Hall–Kier alpha value is -3.22.